The number of carboxylic acids is 1. The van der Waals surface area contributed by atoms with Crippen LogP contribution in [0.4, 0.5) is 4.79 Å². The van der Waals surface area contributed by atoms with Crippen molar-refractivity contribution in [2.45, 2.75) is 13.0 Å². The van der Waals surface area contributed by atoms with Gasteiger partial charge >= 0.3 is 12.1 Å². The Bertz CT molecular complexity index is 441. The summed E-state index contributed by atoms with van der Waals surface area (Å²) in [4.78, 5) is 31.6. The monoisotopic (exact) mass is 242 g/mol. The molecule has 2 atom stereocenters. The van der Waals surface area contributed by atoms with Crippen molar-refractivity contribution in [3.63, 3.8) is 0 Å². The molecule has 1 aliphatic rings. The van der Waals surface area contributed by atoms with E-state index in [0.29, 0.717) is 0 Å². The lowest BCUT2D eigenvalue weighted by atomic mass is 9.76. The molecule has 0 heterocycles. The highest BCUT2D eigenvalue weighted by atomic mass is 16.6. The van der Waals surface area contributed by atoms with Crippen molar-refractivity contribution in [3.05, 3.63) is 34.0 Å². The number of allylic oxidation sites excluding steroid dienone is 2. The molecule has 8 heteroatoms. The van der Waals surface area contributed by atoms with Crippen molar-refractivity contribution in [1.82, 2.24) is 5.32 Å². The van der Waals surface area contributed by atoms with Gasteiger partial charge in [-0.2, -0.15) is 0 Å². The Kier molecular flexibility index (Phi) is 3.16. The third kappa shape index (κ3) is 2.10. The average Bonchev–Trinajstić information content (AvgIpc) is 2.19. The largest absolute Gasteiger partial charge is 0.480 e. The number of nitrogens with zero attached hydrogens (tertiary/aromatic N) is 1. The number of aliphatic carboxylic acids is 1. The highest BCUT2D eigenvalue weighted by Crippen LogP contribution is 2.35. The summed E-state index contributed by atoms with van der Waals surface area (Å²) in [7, 11) is 0. The lowest BCUT2D eigenvalue weighted by Gasteiger charge is -2.30. The molecule has 0 aliphatic heterocycles. The number of amides is 1. The zero-order chi connectivity index (χ0) is 13.2. The van der Waals surface area contributed by atoms with Crippen LogP contribution >= 0.6 is 0 Å². The Morgan fingerprint density at radius 1 is 1.53 bits per heavy atom. The highest BCUT2D eigenvalue weighted by Gasteiger charge is 2.52. The quantitative estimate of drug-likeness (QED) is 0.486. The van der Waals surface area contributed by atoms with E-state index in [-0.39, 0.29) is 0 Å². The maximum Gasteiger partial charge on any atom is 0.405 e. The van der Waals surface area contributed by atoms with Crippen LogP contribution in [0.5, 0.6) is 0 Å². The summed E-state index contributed by atoms with van der Waals surface area (Å²) >= 11 is 0. The molecule has 1 rings (SSSR count). The fourth-order valence-corrected chi connectivity index (χ4v) is 1.60. The summed E-state index contributed by atoms with van der Waals surface area (Å²) in [6.45, 7) is 1.11. The van der Waals surface area contributed by atoms with Crippen LogP contribution in [-0.2, 0) is 4.79 Å². The topological polar surface area (TPSA) is 130 Å². The molecule has 0 saturated heterocycles. The standard InChI is InChI=1S/C9H10N2O6/c1-9(7(12)13)5(10-8(14)15)3-2-4-6(9)11(16)17/h2-5,10H,1H3,(H,12,13)(H,14,15). The van der Waals surface area contributed by atoms with Gasteiger partial charge in [0.15, 0.2) is 5.41 Å². The molecule has 0 radical (unpaired) electrons. The van der Waals surface area contributed by atoms with Gasteiger partial charge in [-0.05, 0) is 6.92 Å². The Balaban J connectivity index is 3.23. The van der Waals surface area contributed by atoms with Crippen molar-refractivity contribution in [2.75, 3.05) is 0 Å². The summed E-state index contributed by atoms with van der Waals surface area (Å²) in [5.41, 5.74) is -2.50. The predicted molar refractivity (Wildman–Crippen MR) is 54.9 cm³/mol. The fourth-order valence-electron chi connectivity index (χ4n) is 1.60. The number of nitrogens with one attached hydrogen (secondary N) is 1. The number of carboxylic acid groups (broad SMARTS) is 2. The maximum absolute atomic E-state index is 11.2. The molecule has 0 saturated carbocycles. The number of hydrogen-bond acceptors (Lipinski definition) is 4. The van der Waals surface area contributed by atoms with Crippen LogP contribution in [0, 0.1) is 15.5 Å². The molecule has 17 heavy (non-hydrogen) atoms. The van der Waals surface area contributed by atoms with Gasteiger partial charge in [0.05, 0.1) is 11.0 Å². The van der Waals surface area contributed by atoms with Crippen molar-refractivity contribution < 1.29 is 24.7 Å². The van der Waals surface area contributed by atoms with E-state index >= 15 is 0 Å². The van der Waals surface area contributed by atoms with Gasteiger partial charge in [0.25, 0.3) is 5.70 Å². The van der Waals surface area contributed by atoms with Gasteiger partial charge in [0.2, 0.25) is 0 Å². The minimum Gasteiger partial charge on any atom is -0.480 e. The van der Waals surface area contributed by atoms with E-state index in [1.165, 1.54) is 12.2 Å². The van der Waals surface area contributed by atoms with Gasteiger partial charge < -0.3 is 15.5 Å². The van der Waals surface area contributed by atoms with Gasteiger partial charge in [-0.3, -0.25) is 14.9 Å². The second-order valence-corrected chi connectivity index (χ2v) is 3.63. The first-order chi connectivity index (χ1) is 7.80. The summed E-state index contributed by atoms with van der Waals surface area (Å²) in [6, 6.07) is -1.19. The first kappa shape index (κ1) is 12.7. The van der Waals surface area contributed by atoms with E-state index in [1.807, 2.05) is 5.32 Å². The SMILES string of the molecule is CC1(C(=O)O)C([N+](=O)[O-])=CC=CC1NC(=O)O. The second kappa shape index (κ2) is 4.24. The molecule has 0 aromatic rings. The predicted octanol–water partition coefficient (Wildman–Crippen LogP) is 0.444. The van der Waals surface area contributed by atoms with Crippen LogP contribution in [0.3, 0.4) is 0 Å². The molecule has 3 N–H and O–H groups in total. The molecular formula is C9H10N2O6. The molecule has 0 aromatic heterocycles. The molecule has 1 amide bonds. The zero-order valence-corrected chi connectivity index (χ0v) is 8.78. The molecular weight excluding hydrogens is 232 g/mol. The lowest BCUT2D eigenvalue weighted by Crippen LogP contribution is -2.52. The van der Waals surface area contributed by atoms with E-state index in [4.69, 9.17) is 10.2 Å². The van der Waals surface area contributed by atoms with Crippen LogP contribution < -0.4 is 5.32 Å². The van der Waals surface area contributed by atoms with E-state index < -0.39 is 34.1 Å². The Hall–Kier alpha value is -2.38. The van der Waals surface area contributed by atoms with Crippen LogP contribution in [0.15, 0.2) is 23.9 Å². The van der Waals surface area contributed by atoms with Crippen LogP contribution in [0.1, 0.15) is 6.92 Å². The average molecular weight is 242 g/mol. The van der Waals surface area contributed by atoms with Gasteiger partial charge in [-0.15, -0.1) is 0 Å². The maximum atomic E-state index is 11.2. The van der Waals surface area contributed by atoms with Gasteiger partial charge in [-0.1, -0.05) is 12.2 Å². The number of rotatable bonds is 3. The van der Waals surface area contributed by atoms with Crippen molar-refractivity contribution in [3.8, 4) is 0 Å². The Morgan fingerprint density at radius 3 is 2.53 bits per heavy atom. The van der Waals surface area contributed by atoms with Crippen molar-refractivity contribution >= 4 is 12.1 Å². The van der Waals surface area contributed by atoms with E-state index in [1.54, 1.807) is 0 Å². The van der Waals surface area contributed by atoms with E-state index in [0.717, 1.165) is 13.0 Å². The zero-order valence-electron chi connectivity index (χ0n) is 8.78. The second-order valence-electron chi connectivity index (χ2n) is 3.63. The van der Waals surface area contributed by atoms with Crippen LogP contribution in [-0.4, -0.2) is 33.2 Å². The number of carbonyl (C=O) groups is 2. The van der Waals surface area contributed by atoms with Crippen LogP contribution in [0.25, 0.3) is 0 Å². The molecule has 0 spiro atoms. The number of nitro groups is 1. The Labute approximate surface area is 95.4 Å². The summed E-state index contributed by atoms with van der Waals surface area (Å²) in [6.07, 6.45) is 2.11. The first-order valence-electron chi connectivity index (χ1n) is 4.56. The summed E-state index contributed by atoms with van der Waals surface area (Å²) < 4.78 is 0. The van der Waals surface area contributed by atoms with Gasteiger partial charge in [-0.25, -0.2) is 4.79 Å². The normalized spacial score (nSPS) is 27.1. The molecule has 0 aromatic carbocycles. The third-order valence-electron chi connectivity index (χ3n) is 2.63. The summed E-state index contributed by atoms with van der Waals surface area (Å²) in [5.74, 6) is -1.47. The van der Waals surface area contributed by atoms with E-state index in [2.05, 4.69) is 0 Å². The van der Waals surface area contributed by atoms with E-state index in [9.17, 15) is 19.7 Å². The first-order valence-corrected chi connectivity index (χ1v) is 4.56. The smallest absolute Gasteiger partial charge is 0.405 e. The lowest BCUT2D eigenvalue weighted by molar-refractivity contribution is -0.439. The summed E-state index contributed by atoms with van der Waals surface area (Å²) in [5, 5.41) is 30.4. The fraction of sp³-hybridized carbons (Fsp3) is 0.333. The minimum absolute atomic E-state index is 0.564. The molecule has 1 aliphatic carbocycles. The number of hydrogen-bond donors (Lipinski definition) is 3. The third-order valence-corrected chi connectivity index (χ3v) is 2.63. The Morgan fingerprint density at radius 2 is 2.12 bits per heavy atom. The molecule has 92 valence electrons. The van der Waals surface area contributed by atoms with Crippen molar-refractivity contribution in [2.24, 2.45) is 5.41 Å². The minimum atomic E-state index is -1.93. The molecule has 8 nitrogen and oxygen atoms in total. The van der Waals surface area contributed by atoms with Gasteiger partial charge in [0, 0.05) is 6.08 Å². The molecule has 0 bridgehead atoms. The van der Waals surface area contributed by atoms with Crippen molar-refractivity contribution in [1.29, 1.82) is 0 Å². The van der Waals surface area contributed by atoms with Crippen LogP contribution in [0.2, 0.25) is 0 Å². The van der Waals surface area contributed by atoms with Gasteiger partial charge in [0.1, 0.15) is 0 Å². The highest BCUT2D eigenvalue weighted by molar-refractivity contribution is 5.81. The molecule has 0 fully saturated rings. The molecule has 2 unspecified atom stereocenters.